The Morgan fingerprint density at radius 2 is 2.06 bits per heavy atom. The summed E-state index contributed by atoms with van der Waals surface area (Å²) >= 11 is 0. The fraction of sp³-hybridized carbons (Fsp3) is 0.923. The second kappa shape index (κ2) is 7.65. The van der Waals surface area contributed by atoms with E-state index in [4.69, 9.17) is 19.5 Å². The average Bonchev–Trinajstić information content (AvgIpc) is 2.62. The lowest BCUT2D eigenvalue weighted by Crippen LogP contribution is -2.24. The van der Waals surface area contributed by atoms with E-state index in [0.29, 0.717) is 19.6 Å². The van der Waals surface area contributed by atoms with Crippen LogP contribution >= 0.6 is 0 Å². The number of hydrogen-bond acceptors (Lipinski definition) is 4. The molecular weight excluding hydrogens is 218 g/mol. The number of nitriles is 1. The van der Waals surface area contributed by atoms with Crippen LogP contribution in [0, 0.1) is 11.3 Å². The molecule has 0 aromatic carbocycles. The SMILES string of the molecule is CC1(C)OCC(COCCCCCCC#N)O1. The van der Waals surface area contributed by atoms with Crippen LogP contribution in [0.3, 0.4) is 0 Å². The van der Waals surface area contributed by atoms with Crippen molar-refractivity contribution in [1.29, 1.82) is 5.26 Å². The zero-order valence-corrected chi connectivity index (χ0v) is 10.9. The first kappa shape index (κ1) is 14.4. The van der Waals surface area contributed by atoms with E-state index < -0.39 is 5.79 Å². The lowest BCUT2D eigenvalue weighted by molar-refractivity contribution is -0.145. The predicted molar refractivity (Wildman–Crippen MR) is 64.4 cm³/mol. The monoisotopic (exact) mass is 241 g/mol. The van der Waals surface area contributed by atoms with E-state index >= 15 is 0 Å². The maximum absolute atomic E-state index is 8.37. The van der Waals surface area contributed by atoms with Crippen LogP contribution in [0.4, 0.5) is 0 Å². The van der Waals surface area contributed by atoms with Gasteiger partial charge in [-0.05, 0) is 26.7 Å². The van der Waals surface area contributed by atoms with Crippen molar-refractivity contribution in [3.63, 3.8) is 0 Å². The molecule has 1 saturated heterocycles. The van der Waals surface area contributed by atoms with E-state index in [1.165, 1.54) is 0 Å². The normalized spacial score (nSPS) is 22.5. The molecule has 17 heavy (non-hydrogen) atoms. The predicted octanol–water partition coefficient (Wildman–Crippen LogP) is 2.63. The molecule has 98 valence electrons. The summed E-state index contributed by atoms with van der Waals surface area (Å²) in [6.45, 7) is 5.84. The van der Waals surface area contributed by atoms with Crippen molar-refractivity contribution in [2.24, 2.45) is 0 Å². The van der Waals surface area contributed by atoms with Gasteiger partial charge >= 0.3 is 0 Å². The summed E-state index contributed by atoms with van der Waals surface area (Å²) in [4.78, 5) is 0. The van der Waals surface area contributed by atoms with Crippen LogP contribution in [0.2, 0.25) is 0 Å². The third-order valence-corrected chi connectivity index (χ3v) is 2.70. The zero-order chi connectivity index (χ0) is 12.6. The van der Waals surface area contributed by atoms with Gasteiger partial charge in [-0.25, -0.2) is 0 Å². The minimum Gasteiger partial charge on any atom is -0.379 e. The minimum absolute atomic E-state index is 0.0728. The van der Waals surface area contributed by atoms with Crippen LogP contribution in [0.25, 0.3) is 0 Å². The van der Waals surface area contributed by atoms with Gasteiger partial charge in [0.1, 0.15) is 6.10 Å². The molecule has 0 aromatic heterocycles. The second-order valence-corrected chi connectivity index (χ2v) is 4.85. The molecule has 1 fully saturated rings. The molecule has 4 nitrogen and oxygen atoms in total. The van der Waals surface area contributed by atoms with Crippen LogP contribution < -0.4 is 0 Å². The summed E-state index contributed by atoms with van der Waals surface area (Å²) in [5.74, 6) is -0.453. The molecule has 0 aliphatic carbocycles. The topological polar surface area (TPSA) is 51.5 Å². The summed E-state index contributed by atoms with van der Waals surface area (Å²) in [6.07, 6.45) is 5.06. The van der Waals surface area contributed by atoms with E-state index in [2.05, 4.69) is 6.07 Å². The molecule has 0 saturated carbocycles. The average molecular weight is 241 g/mol. The molecule has 1 unspecified atom stereocenters. The number of nitrogens with zero attached hydrogens (tertiary/aromatic N) is 1. The molecule has 1 aliphatic heterocycles. The Hall–Kier alpha value is -0.630. The maximum atomic E-state index is 8.37. The Morgan fingerprint density at radius 1 is 1.29 bits per heavy atom. The largest absolute Gasteiger partial charge is 0.379 e. The Kier molecular flexibility index (Phi) is 6.49. The molecule has 0 N–H and O–H groups in total. The van der Waals surface area contributed by atoms with Crippen molar-refractivity contribution >= 4 is 0 Å². The second-order valence-electron chi connectivity index (χ2n) is 4.85. The van der Waals surface area contributed by atoms with Gasteiger partial charge in [-0.15, -0.1) is 0 Å². The van der Waals surface area contributed by atoms with Crippen molar-refractivity contribution < 1.29 is 14.2 Å². The highest BCUT2D eigenvalue weighted by Gasteiger charge is 2.32. The molecule has 0 amide bonds. The van der Waals surface area contributed by atoms with Crippen LogP contribution in [-0.4, -0.2) is 31.7 Å². The van der Waals surface area contributed by atoms with Gasteiger partial charge in [0.05, 0.1) is 19.3 Å². The molecule has 0 radical (unpaired) electrons. The highest BCUT2D eigenvalue weighted by atomic mass is 16.7. The van der Waals surface area contributed by atoms with Crippen molar-refractivity contribution in [2.45, 2.75) is 57.8 Å². The Bertz CT molecular complexity index is 248. The first-order chi connectivity index (χ1) is 8.14. The number of rotatable bonds is 8. The Balaban J connectivity index is 1.87. The Morgan fingerprint density at radius 3 is 2.71 bits per heavy atom. The molecule has 1 heterocycles. The van der Waals surface area contributed by atoms with E-state index in [1.54, 1.807) is 0 Å². The van der Waals surface area contributed by atoms with E-state index in [1.807, 2.05) is 13.8 Å². The van der Waals surface area contributed by atoms with Crippen molar-refractivity contribution in [3.8, 4) is 6.07 Å². The van der Waals surface area contributed by atoms with Gasteiger partial charge < -0.3 is 14.2 Å². The standard InChI is InChI=1S/C13H23NO3/c1-13(2)16-11-12(17-13)10-15-9-7-5-3-4-6-8-14/h12H,3-7,9-11H2,1-2H3. The van der Waals surface area contributed by atoms with Gasteiger partial charge in [-0.2, -0.15) is 5.26 Å². The van der Waals surface area contributed by atoms with Gasteiger partial charge in [-0.3, -0.25) is 0 Å². The number of unbranched alkanes of at least 4 members (excludes halogenated alkanes) is 4. The lowest BCUT2D eigenvalue weighted by Gasteiger charge is -2.17. The summed E-state index contributed by atoms with van der Waals surface area (Å²) in [5, 5.41) is 8.37. The molecule has 1 atom stereocenters. The van der Waals surface area contributed by atoms with E-state index in [0.717, 1.165) is 32.3 Å². The number of hydrogen-bond donors (Lipinski definition) is 0. The molecule has 0 bridgehead atoms. The van der Waals surface area contributed by atoms with Gasteiger partial charge in [0.2, 0.25) is 0 Å². The Labute approximate surface area is 104 Å². The quantitative estimate of drug-likeness (QED) is 0.613. The van der Waals surface area contributed by atoms with Crippen LogP contribution in [-0.2, 0) is 14.2 Å². The molecular formula is C13H23NO3. The van der Waals surface area contributed by atoms with Gasteiger partial charge in [0.15, 0.2) is 5.79 Å². The van der Waals surface area contributed by atoms with Gasteiger partial charge in [0, 0.05) is 13.0 Å². The molecule has 1 aliphatic rings. The highest BCUT2D eigenvalue weighted by Crippen LogP contribution is 2.22. The fourth-order valence-corrected chi connectivity index (χ4v) is 1.82. The number of ether oxygens (including phenoxy) is 3. The molecule has 0 aromatic rings. The zero-order valence-electron chi connectivity index (χ0n) is 10.9. The molecule has 4 heteroatoms. The third-order valence-electron chi connectivity index (χ3n) is 2.70. The van der Waals surface area contributed by atoms with Crippen LogP contribution in [0.5, 0.6) is 0 Å². The first-order valence-electron chi connectivity index (χ1n) is 6.40. The summed E-state index contributed by atoms with van der Waals surface area (Å²) in [6, 6.07) is 2.15. The van der Waals surface area contributed by atoms with Crippen LogP contribution in [0.1, 0.15) is 46.0 Å². The third kappa shape index (κ3) is 6.62. The summed E-state index contributed by atoms with van der Waals surface area (Å²) < 4.78 is 16.6. The molecule has 0 spiro atoms. The van der Waals surface area contributed by atoms with Gasteiger partial charge in [0.25, 0.3) is 0 Å². The smallest absolute Gasteiger partial charge is 0.163 e. The fourth-order valence-electron chi connectivity index (χ4n) is 1.82. The van der Waals surface area contributed by atoms with Crippen molar-refractivity contribution in [1.82, 2.24) is 0 Å². The van der Waals surface area contributed by atoms with Crippen molar-refractivity contribution in [2.75, 3.05) is 19.8 Å². The van der Waals surface area contributed by atoms with Gasteiger partial charge in [-0.1, -0.05) is 12.8 Å². The summed E-state index contributed by atoms with van der Waals surface area (Å²) in [5.41, 5.74) is 0. The summed E-state index contributed by atoms with van der Waals surface area (Å²) in [7, 11) is 0. The maximum Gasteiger partial charge on any atom is 0.163 e. The minimum atomic E-state index is -0.453. The lowest BCUT2D eigenvalue weighted by atomic mass is 10.2. The highest BCUT2D eigenvalue weighted by molar-refractivity contribution is 4.70. The van der Waals surface area contributed by atoms with E-state index in [-0.39, 0.29) is 6.10 Å². The molecule has 1 rings (SSSR count). The van der Waals surface area contributed by atoms with Crippen molar-refractivity contribution in [3.05, 3.63) is 0 Å². The van der Waals surface area contributed by atoms with E-state index in [9.17, 15) is 0 Å². The first-order valence-corrected chi connectivity index (χ1v) is 6.40. The van der Waals surface area contributed by atoms with Crippen LogP contribution in [0.15, 0.2) is 0 Å².